The molecule has 1 aliphatic carbocycles. The maximum absolute atomic E-state index is 12.6. The van der Waals surface area contributed by atoms with Gasteiger partial charge in [0.15, 0.2) is 5.82 Å². The number of nitrogens with zero attached hydrogens (tertiary/aromatic N) is 3. The Morgan fingerprint density at radius 3 is 2.68 bits per heavy atom. The first-order valence-electron chi connectivity index (χ1n) is 10.2. The molecular weight excluding hydrogens is 354 g/mol. The molecule has 0 saturated carbocycles. The van der Waals surface area contributed by atoms with Crippen LogP contribution in [-0.2, 0) is 35.4 Å². The number of aromatic nitrogens is 3. The van der Waals surface area contributed by atoms with Gasteiger partial charge in [-0.3, -0.25) is 9.59 Å². The van der Waals surface area contributed by atoms with Crippen molar-refractivity contribution in [2.24, 2.45) is 5.92 Å². The predicted octanol–water partition coefficient (Wildman–Crippen LogP) is 2.56. The number of amides is 2. The summed E-state index contributed by atoms with van der Waals surface area (Å²) in [6, 6.07) is 5.57. The Morgan fingerprint density at radius 1 is 1.04 bits per heavy atom. The summed E-state index contributed by atoms with van der Waals surface area (Å²) in [5.74, 6) is 0.513. The average molecular weight is 381 g/mol. The van der Waals surface area contributed by atoms with Gasteiger partial charge in [0.25, 0.3) is 0 Å². The highest BCUT2D eigenvalue weighted by atomic mass is 16.2. The van der Waals surface area contributed by atoms with E-state index in [1.165, 1.54) is 12.0 Å². The molecule has 1 aromatic carbocycles. The maximum atomic E-state index is 12.6. The van der Waals surface area contributed by atoms with E-state index in [1.54, 1.807) is 0 Å². The molecule has 0 spiro atoms. The minimum Gasteiger partial charge on any atom is -0.338 e. The fourth-order valence-corrected chi connectivity index (χ4v) is 4.22. The van der Waals surface area contributed by atoms with Gasteiger partial charge in [-0.2, -0.15) is 0 Å². The van der Waals surface area contributed by atoms with Crippen LogP contribution in [0.25, 0.3) is 0 Å². The molecule has 0 fully saturated rings. The molecule has 2 aliphatic rings. The van der Waals surface area contributed by atoms with E-state index in [-0.39, 0.29) is 12.0 Å². The lowest BCUT2D eigenvalue weighted by molar-refractivity contribution is -0.136. The van der Waals surface area contributed by atoms with Crippen molar-refractivity contribution in [2.45, 2.75) is 65.0 Å². The van der Waals surface area contributed by atoms with Gasteiger partial charge in [0.1, 0.15) is 5.82 Å². The summed E-state index contributed by atoms with van der Waals surface area (Å²) in [6.45, 7) is 4.87. The lowest BCUT2D eigenvalue weighted by Crippen LogP contribution is -2.40. The Kier molecular flexibility index (Phi) is 5.15. The average Bonchev–Trinajstić information content (AvgIpc) is 3.30. The van der Waals surface area contributed by atoms with Crippen molar-refractivity contribution in [1.29, 1.82) is 0 Å². The first-order chi connectivity index (χ1) is 13.5. The van der Waals surface area contributed by atoms with Gasteiger partial charge >= 0.3 is 11.8 Å². The van der Waals surface area contributed by atoms with Crippen LogP contribution in [0.2, 0.25) is 0 Å². The van der Waals surface area contributed by atoms with Crippen LogP contribution in [0.5, 0.6) is 0 Å². The molecule has 7 nitrogen and oxygen atoms in total. The number of rotatable bonds is 4. The van der Waals surface area contributed by atoms with Gasteiger partial charge in [0, 0.05) is 18.7 Å². The number of carbonyl (C=O) groups is 2. The number of fused-ring (bicyclic) bond motifs is 2. The van der Waals surface area contributed by atoms with Crippen LogP contribution in [0.15, 0.2) is 18.2 Å². The van der Waals surface area contributed by atoms with Crippen molar-refractivity contribution in [1.82, 2.24) is 20.1 Å². The van der Waals surface area contributed by atoms with E-state index < -0.39 is 11.8 Å². The number of aryl methyl sites for hydroxylation is 2. The lowest BCUT2D eigenvalue weighted by atomic mass is 9.90. The Labute approximate surface area is 164 Å². The molecule has 28 heavy (non-hydrogen) atoms. The van der Waals surface area contributed by atoms with E-state index in [4.69, 9.17) is 0 Å². The summed E-state index contributed by atoms with van der Waals surface area (Å²) in [5, 5.41) is 14.2. The number of nitrogens with one attached hydrogen (secondary N) is 2. The highest BCUT2D eigenvalue weighted by Crippen LogP contribution is 2.28. The fourth-order valence-electron chi connectivity index (χ4n) is 4.22. The molecular formula is C21H27N5O2. The summed E-state index contributed by atoms with van der Waals surface area (Å²) in [4.78, 5) is 25.2. The topological polar surface area (TPSA) is 88.9 Å². The van der Waals surface area contributed by atoms with E-state index in [1.807, 2.05) is 26.0 Å². The van der Waals surface area contributed by atoms with Crippen LogP contribution in [0.3, 0.4) is 0 Å². The molecule has 2 aromatic rings. The van der Waals surface area contributed by atoms with Crippen LogP contribution in [0.4, 0.5) is 5.69 Å². The van der Waals surface area contributed by atoms with Gasteiger partial charge in [-0.1, -0.05) is 26.0 Å². The normalized spacial score (nSPS) is 16.4. The molecule has 4 rings (SSSR count). The third kappa shape index (κ3) is 3.53. The fraction of sp³-hybridized carbons (Fsp3) is 0.524. The third-order valence-corrected chi connectivity index (χ3v) is 5.72. The molecule has 2 heterocycles. The van der Waals surface area contributed by atoms with Crippen molar-refractivity contribution >= 4 is 17.5 Å². The van der Waals surface area contributed by atoms with Crippen LogP contribution in [0, 0.1) is 5.92 Å². The standard InChI is InChI=1S/C21H27N5O2/c1-13(2)18(19-25-24-17-11-6-12-26(17)19)23-21(28)20(27)22-16-10-5-8-14-7-3-4-9-15(14)16/h5,8,10,13,18H,3-4,6-7,9,11-12H2,1-2H3,(H,22,27)(H,23,28). The minimum absolute atomic E-state index is 0.0927. The number of hydrogen-bond donors (Lipinski definition) is 2. The summed E-state index contributed by atoms with van der Waals surface area (Å²) < 4.78 is 2.07. The highest BCUT2D eigenvalue weighted by Gasteiger charge is 2.29. The molecule has 148 valence electrons. The van der Waals surface area contributed by atoms with E-state index in [2.05, 4.69) is 31.5 Å². The zero-order valence-electron chi connectivity index (χ0n) is 16.5. The second kappa shape index (κ2) is 7.73. The second-order valence-corrected chi connectivity index (χ2v) is 8.03. The van der Waals surface area contributed by atoms with Gasteiger partial charge < -0.3 is 15.2 Å². The molecule has 1 unspecified atom stereocenters. The molecule has 1 aliphatic heterocycles. The van der Waals surface area contributed by atoms with Crippen LogP contribution >= 0.6 is 0 Å². The Balaban J connectivity index is 1.48. The van der Waals surface area contributed by atoms with Crippen LogP contribution < -0.4 is 10.6 Å². The monoisotopic (exact) mass is 381 g/mol. The summed E-state index contributed by atoms with van der Waals surface area (Å²) in [6.07, 6.45) is 6.19. The first-order valence-corrected chi connectivity index (χ1v) is 10.2. The van der Waals surface area contributed by atoms with E-state index in [9.17, 15) is 9.59 Å². The predicted molar refractivity (Wildman–Crippen MR) is 106 cm³/mol. The third-order valence-electron chi connectivity index (χ3n) is 5.72. The van der Waals surface area contributed by atoms with Crippen LogP contribution in [-0.4, -0.2) is 26.6 Å². The zero-order valence-corrected chi connectivity index (χ0v) is 16.5. The van der Waals surface area contributed by atoms with Crippen molar-refractivity contribution in [3.05, 3.63) is 41.0 Å². The number of carbonyl (C=O) groups excluding carboxylic acids is 2. The van der Waals surface area contributed by atoms with Crippen molar-refractivity contribution in [3.63, 3.8) is 0 Å². The van der Waals surface area contributed by atoms with Gasteiger partial charge in [-0.15, -0.1) is 10.2 Å². The molecule has 1 aromatic heterocycles. The summed E-state index contributed by atoms with van der Waals surface area (Å²) in [5.41, 5.74) is 3.18. The molecule has 0 radical (unpaired) electrons. The Bertz CT molecular complexity index is 902. The summed E-state index contributed by atoms with van der Waals surface area (Å²) in [7, 11) is 0. The van der Waals surface area contributed by atoms with Gasteiger partial charge in [0.2, 0.25) is 0 Å². The van der Waals surface area contributed by atoms with Gasteiger partial charge in [-0.25, -0.2) is 0 Å². The molecule has 0 saturated heterocycles. The number of hydrogen-bond acceptors (Lipinski definition) is 4. The molecule has 2 N–H and O–H groups in total. The smallest absolute Gasteiger partial charge is 0.313 e. The number of anilines is 1. The Morgan fingerprint density at radius 2 is 1.86 bits per heavy atom. The molecule has 1 atom stereocenters. The second-order valence-electron chi connectivity index (χ2n) is 8.03. The Hall–Kier alpha value is -2.70. The van der Waals surface area contributed by atoms with Crippen molar-refractivity contribution in [3.8, 4) is 0 Å². The maximum Gasteiger partial charge on any atom is 0.313 e. The quantitative estimate of drug-likeness (QED) is 0.797. The largest absolute Gasteiger partial charge is 0.338 e. The summed E-state index contributed by atoms with van der Waals surface area (Å²) >= 11 is 0. The molecule has 2 amide bonds. The van der Waals surface area contributed by atoms with Gasteiger partial charge in [0.05, 0.1) is 6.04 Å². The highest BCUT2D eigenvalue weighted by molar-refractivity contribution is 6.39. The van der Waals surface area contributed by atoms with Crippen molar-refractivity contribution in [2.75, 3.05) is 5.32 Å². The van der Waals surface area contributed by atoms with E-state index in [0.29, 0.717) is 0 Å². The molecule has 7 heteroatoms. The van der Waals surface area contributed by atoms with Crippen molar-refractivity contribution < 1.29 is 9.59 Å². The minimum atomic E-state index is -0.637. The molecule has 0 bridgehead atoms. The first kappa shape index (κ1) is 18.7. The lowest BCUT2D eigenvalue weighted by Gasteiger charge is -2.22. The van der Waals surface area contributed by atoms with E-state index in [0.717, 1.165) is 61.5 Å². The van der Waals surface area contributed by atoms with Gasteiger partial charge in [-0.05, 0) is 55.2 Å². The number of benzene rings is 1. The van der Waals surface area contributed by atoms with Crippen LogP contribution in [0.1, 0.15) is 61.9 Å². The van der Waals surface area contributed by atoms with E-state index >= 15 is 0 Å². The zero-order chi connectivity index (χ0) is 19.7. The SMILES string of the molecule is CC(C)C(NC(=O)C(=O)Nc1cccc2c1CCCC2)c1nnc2n1CCC2.